The van der Waals surface area contributed by atoms with Gasteiger partial charge in [-0.2, -0.15) is 13.2 Å². The molecule has 0 saturated heterocycles. The average Bonchev–Trinajstić information content (AvgIpc) is 3.30. The third-order valence-electron chi connectivity index (χ3n) is 6.25. The predicted octanol–water partition coefficient (Wildman–Crippen LogP) is 4.30. The van der Waals surface area contributed by atoms with Gasteiger partial charge < -0.3 is 20.2 Å². The van der Waals surface area contributed by atoms with E-state index in [1.54, 1.807) is 37.9 Å². The molecule has 3 aliphatic heterocycles. The first-order chi connectivity index (χ1) is 16.6. The molecular weight excluding hydrogens is 457 g/mol. The minimum atomic E-state index is -4.41. The van der Waals surface area contributed by atoms with Gasteiger partial charge in [-0.25, -0.2) is 9.97 Å². The lowest BCUT2D eigenvalue weighted by Gasteiger charge is -2.31. The Balaban J connectivity index is 1.56. The standard InChI is InChI=1S/C25H25F3N6O/c1-14(16-5-4-6-18(11-16)25(26,27)28)30-22-20-12-19(17-7-8-21(35)33(3)13-17)23-29-9-10-34(23)24(20)32-15(2)31-22/h4-8,11-14,21,35H,9-10H2,1-3H3,(H,30,31,32). The van der Waals surface area contributed by atoms with Crippen molar-refractivity contribution in [3.05, 3.63) is 76.3 Å². The molecule has 2 atom stereocenters. The van der Waals surface area contributed by atoms with Crippen LogP contribution in [0.4, 0.5) is 24.8 Å². The summed E-state index contributed by atoms with van der Waals surface area (Å²) < 4.78 is 39.7. The van der Waals surface area contributed by atoms with E-state index in [2.05, 4.69) is 20.3 Å². The third-order valence-corrected chi connectivity index (χ3v) is 6.25. The number of likely N-dealkylation sites (N-methyl/N-ethyl adjacent to an activating group) is 1. The highest BCUT2D eigenvalue weighted by molar-refractivity contribution is 6.20. The minimum absolute atomic E-state index is 0.434. The zero-order valence-electron chi connectivity index (χ0n) is 19.5. The van der Waals surface area contributed by atoms with Crippen LogP contribution in [-0.2, 0) is 6.18 Å². The lowest BCUT2D eigenvalue weighted by atomic mass is 9.96. The summed E-state index contributed by atoms with van der Waals surface area (Å²) in [7, 11) is 1.79. The number of hydrogen-bond donors (Lipinski definition) is 2. The van der Waals surface area contributed by atoms with Gasteiger partial charge in [-0.05, 0) is 43.7 Å². The molecule has 1 aromatic heterocycles. The van der Waals surface area contributed by atoms with Gasteiger partial charge in [0.25, 0.3) is 0 Å². The van der Waals surface area contributed by atoms with Crippen LogP contribution in [0.1, 0.15) is 35.5 Å². The van der Waals surface area contributed by atoms with Crippen LogP contribution >= 0.6 is 0 Å². The normalized spacial score (nSPS) is 20.1. The predicted molar refractivity (Wildman–Crippen MR) is 129 cm³/mol. The second kappa shape index (κ2) is 8.53. The number of aliphatic imine (C=N–C) groups is 1. The van der Waals surface area contributed by atoms with Crippen molar-refractivity contribution in [3.8, 4) is 0 Å². The number of aliphatic hydroxyl groups is 1. The number of hydrogen-bond acceptors (Lipinski definition) is 7. The number of fused-ring (bicyclic) bond motifs is 3. The summed E-state index contributed by atoms with van der Waals surface area (Å²) in [6, 6.07) is 4.86. The minimum Gasteiger partial charge on any atom is -0.370 e. The van der Waals surface area contributed by atoms with E-state index in [9.17, 15) is 18.3 Å². The van der Waals surface area contributed by atoms with Crippen LogP contribution in [0.2, 0.25) is 0 Å². The molecule has 10 heteroatoms. The zero-order valence-corrected chi connectivity index (χ0v) is 19.5. The number of alkyl halides is 3. The second-order valence-corrected chi connectivity index (χ2v) is 8.78. The molecule has 5 rings (SSSR count). The van der Waals surface area contributed by atoms with Crippen LogP contribution in [-0.4, -0.2) is 52.2 Å². The first-order valence-electron chi connectivity index (χ1n) is 11.3. The number of nitrogens with zero attached hydrogens (tertiary/aromatic N) is 5. The highest BCUT2D eigenvalue weighted by atomic mass is 19.4. The Hall–Kier alpha value is -3.66. The molecule has 182 valence electrons. The van der Waals surface area contributed by atoms with Gasteiger partial charge in [0, 0.05) is 37.0 Å². The molecule has 0 bridgehead atoms. The van der Waals surface area contributed by atoms with Crippen molar-refractivity contribution in [2.45, 2.75) is 32.3 Å². The molecule has 3 aliphatic rings. The molecule has 7 nitrogen and oxygen atoms in total. The maximum atomic E-state index is 13.2. The molecule has 2 unspecified atom stereocenters. The number of aryl methyl sites for hydroxylation is 1. The van der Waals surface area contributed by atoms with E-state index in [4.69, 9.17) is 0 Å². The van der Waals surface area contributed by atoms with E-state index < -0.39 is 24.0 Å². The smallest absolute Gasteiger partial charge is 0.370 e. The molecule has 0 saturated carbocycles. The number of benzene rings is 1. The van der Waals surface area contributed by atoms with Gasteiger partial charge in [0.1, 0.15) is 29.5 Å². The lowest BCUT2D eigenvalue weighted by molar-refractivity contribution is -0.137. The topological polar surface area (TPSA) is 76.9 Å². The maximum Gasteiger partial charge on any atom is 0.416 e. The summed E-state index contributed by atoms with van der Waals surface area (Å²) in [6.45, 7) is 4.87. The Morgan fingerprint density at radius 1 is 1.23 bits per heavy atom. The number of amidine groups is 1. The zero-order chi connectivity index (χ0) is 24.9. The Morgan fingerprint density at radius 2 is 2.03 bits per heavy atom. The fourth-order valence-corrected chi connectivity index (χ4v) is 4.42. The van der Waals surface area contributed by atoms with Crippen LogP contribution in [0.15, 0.2) is 58.8 Å². The Labute approximate surface area is 201 Å². The molecule has 2 aromatic rings. The molecule has 0 radical (unpaired) electrons. The van der Waals surface area contributed by atoms with Crippen molar-refractivity contribution in [1.82, 2.24) is 14.9 Å². The van der Waals surface area contributed by atoms with Crippen molar-refractivity contribution in [1.29, 1.82) is 0 Å². The SMILES string of the molecule is Cc1nc(NC(C)c2cccc(C(F)(F)F)c2)c2c(n1)N1CCN=C1C(C1=CN(C)C(O)C=C1)=C2. The molecular formula is C25H25F3N6O. The Bertz CT molecular complexity index is 1300. The van der Waals surface area contributed by atoms with E-state index in [-0.39, 0.29) is 0 Å². The van der Waals surface area contributed by atoms with E-state index >= 15 is 0 Å². The van der Waals surface area contributed by atoms with E-state index in [1.807, 2.05) is 23.3 Å². The maximum absolute atomic E-state index is 13.2. The highest BCUT2D eigenvalue weighted by Gasteiger charge is 2.34. The van der Waals surface area contributed by atoms with Crippen molar-refractivity contribution in [2.24, 2.45) is 4.99 Å². The van der Waals surface area contributed by atoms with Gasteiger partial charge >= 0.3 is 6.18 Å². The summed E-state index contributed by atoms with van der Waals surface area (Å²) in [6.07, 6.45) is 2.26. The molecule has 0 fully saturated rings. The van der Waals surface area contributed by atoms with Gasteiger partial charge in [-0.1, -0.05) is 18.2 Å². The van der Waals surface area contributed by atoms with Crippen LogP contribution in [0.5, 0.6) is 0 Å². The quantitative estimate of drug-likeness (QED) is 0.677. The fraction of sp³-hybridized carbons (Fsp3) is 0.320. The monoisotopic (exact) mass is 482 g/mol. The van der Waals surface area contributed by atoms with Crippen molar-refractivity contribution in [2.75, 3.05) is 30.4 Å². The Kier molecular flexibility index (Phi) is 5.63. The summed E-state index contributed by atoms with van der Waals surface area (Å²) >= 11 is 0. The number of aliphatic hydroxyl groups excluding tert-OH is 1. The van der Waals surface area contributed by atoms with Crippen LogP contribution in [0, 0.1) is 6.92 Å². The molecule has 0 spiro atoms. The fourth-order valence-electron chi connectivity index (χ4n) is 4.42. The number of halogens is 3. The van der Waals surface area contributed by atoms with Gasteiger partial charge in [-0.3, -0.25) is 4.99 Å². The van der Waals surface area contributed by atoms with E-state index in [0.29, 0.717) is 36.1 Å². The van der Waals surface area contributed by atoms with E-state index in [0.717, 1.165) is 34.7 Å². The molecule has 0 aliphatic carbocycles. The summed E-state index contributed by atoms with van der Waals surface area (Å²) in [4.78, 5) is 17.7. The van der Waals surface area contributed by atoms with Crippen LogP contribution in [0.25, 0.3) is 6.08 Å². The first-order valence-corrected chi connectivity index (χ1v) is 11.3. The largest absolute Gasteiger partial charge is 0.416 e. The van der Waals surface area contributed by atoms with E-state index in [1.165, 1.54) is 6.07 Å². The number of nitrogens with one attached hydrogen (secondary N) is 1. The van der Waals surface area contributed by atoms with Crippen LogP contribution < -0.4 is 10.2 Å². The second-order valence-electron chi connectivity index (χ2n) is 8.78. The highest BCUT2D eigenvalue weighted by Crippen LogP contribution is 2.39. The molecule has 35 heavy (non-hydrogen) atoms. The number of allylic oxidation sites excluding steroid dienone is 1. The van der Waals surface area contributed by atoms with Gasteiger partial charge in [0.05, 0.1) is 17.7 Å². The number of rotatable bonds is 4. The van der Waals surface area contributed by atoms with Crippen molar-refractivity contribution < 1.29 is 18.3 Å². The average molecular weight is 483 g/mol. The number of anilines is 2. The van der Waals surface area contributed by atoms with Gasteiger partial charge in [0.15, 0.2) is 0 Å². The summed E-state index contributed by atoms with van der Waals surface area (Å²) in [5.41, 5.74) is 2.31. The summed E-state index contributed by atoms with van der Waals surface area (Å²) in [5, 5.41) is 13.3. The van der Waals surface area contributed by atoms with Crippen molar-refractivity contribution in [3.63, 3.8) is 0 Å². The molecule has 0 amide bonds. The van der Waals surface area contributed by atoms with Gasteiger partial charge in [-0.15, -0.1) is 0 Å². The molecule has 1 aromatic carbocycles. The lowest BCUT2D eigenvalue weighted by Crippen LogP contribution is -2.35. The van der Waals surface area contributed by atoms with Gasteiger partial charge in [0.2, 0.25) is 0 Å². The number of aromatic nitrogens is 2. The first kappa shape index (κ1) is 23.1. The molecule has 2 N–H and O–H groups in total. The van der Waals surface area contributed by atoms with Crippen LogP contribution in [0.3, 0.4) is 0 Å². The molecule has 4 heterocycles. The third kappa shape index (κ3) is 4.29. The summed E-state index contributed by atoms with van der Waals surface area (Å²) in [5.74, 6) is 2.60. The Morgan fingerprint density at radius 3 is 2.77 bits per heavy atom. The van der Waals surface area contributed by atoms with Crippen molar-refractivity contribution >= 4 is 23.5 Å².